The molecule has 1 rings (SSSR count). The molecular formula is C11H17NO3S. The van der Waals surface area contributed by atoms with Crippen molar-refractivity contribution in [2.45, 2.75) is 18.2 Å². The molecule has 0 saturated carbocycles. The van der Waals surface area contributed by atoms with Gasteiger partial charge in [0.05, 0.1) is 17.3 Å². The number of rotatable bonds is 6. The van der Waals surface area contributed by atoms with E-state index < -0.39 is 9.84 Å². The van der Waals surface area contributed by atoms with Crippen LogP contribution in [-0.4, -0.2) is 27.4 Å². The van der Waals surface area contributed by atoms with Crippen LogP contribution >= 0.6 is 0 Å². The van der Waals surface area contributed by atoms with Gasteiger partial charge in [-0.05, 0) is 30.7 Å². The molecule has 0 radical (unpaired) electrons. The molecule has 5 heteroatoms. The Hall–Kier alpha value is -1.07. The van der Waals surface area contributed by atoms with Crippen LogP contribution in [0, 0.1) is 0 Å². The monoisotopic (exact) mass is 243 g/mol. The van der Waals surface area contributed by atoms with E-state index in [-0.39, 0.29) is 12.4 Å². The van der Waals surface area contributed by atoms with Crippen LogP contribution in [0.15, 0.2) is 29.2 Å². The number of nitrogen functional groups attached to an aromatic ring is 1. The zero-order valence-corrected chi connectivity index (χ0v) is 10.2. The maximum absolute atomic E-state index is 11.8. The lowest BCUT2D eigenvalue weighted by atomic mass is 10.3. The molecule has 0 amide bonds. The summed E-state index contributed by atoms with van der Waals surface area (Å²) >= 11 is 0. The Balaban J connectivity index is 2.60. The molecule has 0 fully saturated rings. The Bertz CT molecular complexity index is 411. The molecule has 0 saturated heterocycles. The summed E-state index contributed by atoms with van der Waals surface area (Å²) in [6.45, 7) is 2.81. The van der Waals surface area contributed by atoms with Crippen molar-refractivity contribution in [3.8, 4) is 0 Å². The molecular weight excluding hydrogens is 226 g/mol. The highest BCUT2D eigenvalue weighted by Crippen LogP contribution is 2.13. The normalized spacial score (nSPS) is 11.6. The highest BCUT2D eigenvalue weighted by molar-refractivity contribution is 7.91. The Morgan fingerprint density at radius 1 is 1.19 bits per heavy atom. The Morgan fingerprint density at radius 3 is 2.38 bits per heavy atom. The van der Waals surface area contributed by atoms with Crippen LogP contribution in [0.3, 0.4) is 0 Å². The molecule has 0 unspecified atom stereocenters. The van der Waals surface area contributed by atoms with Crippen LogP contribution in [-0.2, 0) is 14.6 Å². The first kappa shape index (κ1) is 13.0. The fourth-order valence-electron chi connectivity index (χ4n) is 1.21. The summed E-state index contributed by atoms with van der Waals surface area (Å²) < 4.78 is 28.7. The molecule has 1 aromatic carbocycles. The Morgan fingerprint density at radius 2 is 1.81 bits per heavy atom. The summed E-state index contributed by atoms with van der Waals surface area (Å²) in [5.41, 5.74) is 6.05. The highest BCUT2D eigenvalue weighted by atomic mass is 32.2. The lowest BCUT2D eigenvalue weighted by molar-refractivity contribution is 0.149. The summed E-state index contributed by atoms with van der Waals surface area (Å²) in [5.74, 6) is 0.0108. The van der Waals surface area contributed by atoms with E-state index in [1.165, 1.54) is 12.1 Å². The molecule has 0 atom stereocenters. The van der Waals surface area contributed by atoms with E-state index in [2.05, 4.69) is 0 Å². The van der Waals surface area contributed by atoms with E-state index >= 15 is 0 Å². The third-order valence-corrected chi connectivity index (χ3v) is 3.78. The summed E-state index contributed by atoms with van der Waals surface area (Å²) in [6, 6.07) is 6.20. The molecule has 0 heterocycles. The van der Waals surface area contributed by atoms with Crippen molar-refractivity contribution in [2.75, 3.05) is 24.7 Å². The minimum absolute atomic E-state index is 0.0108. The van der Waals surface area contributed by atoms with E-state index in [0.29, 0.717) is 17.2 Å². The zero-order valence-electron chi connectivity index (χ0n) is 9.35. The molecule has 0 aliphatic heterocycles. The molecule has 0 aliphatic carbocycles. The number of benzene rings is 1. The Kier molecular flexibility index (Phi) is 4.76. The summed E-state index contributed by atoms with van der Waals surface area (Å²) in [6.07, 6.45) is 0.891. The van der Waals surface area contributed by atoms with Crippen molar-refractivity contribution in [2.24, 2.45) is 0 Å². The van der Waals surface area contributed by atoms with Crippen LogP contribution in [0.2, 0.25) is 0 Å². The maximum atomic E-state index is 11.8. The van der Waals surface area contributed by atoms with Crippen molar-refractivity contribution in [1.29, 1.82) is 0 Å². The molecule has 4 nitrogen and oxygen atoms in total. The first-order chi connectivity index (χ1) is 7.56. The van der Waals surface area contributed by atoms with Gasteiger partial charge in [0, 0.05) is 12.3 Å². The van der Waals surface area contributed by atoms with Crippen LogP contribution < -0.4 is 5.73 Å². The standard InChI is InChI=1S/C11H17NO3S/c1-2-7-15-8-9-16(13,14)11-5-3-10(12)4-6-11/h3-6H,2,7-9,12H2,1H3. The fraction of sp³-hybridized carbons (Fsp3) is 0.455. The largest absolute Gasteiger partial charge is 0.399 e. The van der Waals surface area contributed by atoms with Gasteiger partial charge in [-0.25, -0.2) is 8.42 Å². The van der Waals surface area contributed by atoms with Gasteiger partial charge < -0.3 is 10.5 Å². The maximum Gasteiger partial charge on any atom is 0.180 e. The average Bonchev–Trinajstić information content (AvgIpc) is 2.25. The second kappa shape index (κ2) is 5.86. The summed E-state index contributed by atoms with van der Waals surface area (Å²) in [4.78, 5) is 0.293. The van der Waals surface area contributed by atoms with Gasteiger partial charge in [0.15, 0.2) is 9.84 Å². The molecule has 90 valence electrons. The van der Waals surface area contributed by atoms with Crippen molar-refractivity contribution in [3.63, 3.8) is 0 Å². The van der Waals surface area contributed by atoms with Crippen LogP contribution in [0.25, 0.3) is 0 Å². The minimum Gasteiger partial charge on any atom is -0.399 e. The molecule has 2 N–H and O–H groups in total. The second-order valence-corrected chi connectivity index (χ2v) is 5.61. The predicted octanol–water partition coefficient (Wildman–Crippen LogP) is 1.47. The number of ether oxygens (including phenoxy) is 1. The van der Waals surface area contributed by atoms with Gasteiger partial charge in [0.2, 0.25) is 0 Å². The number of hydrogen-bond donors (Lipinski definition) is 1. The van der Waals surface area contributed by atoms with Gasteiger partial charge >= 0.3 is 0 Å². The van der Waals surface area contributed by atoms with Gasteiger partial charge in [-0.15, -0.1) is 0 Å². The van der Waals surface area contributed by atoms with Gasteiger partial charge in [0.25, 0.3) is 0 Å². The SMILES string of the molecule is CCCOCCS(=O)(=O)c1ccc(N)cc1. The van der Waals surface area contributed by atoms with Gasteiger partial charge in [-0.1, -0.05) is 6.92 Å². The smallest absolute Gasteiger partial charge is 0.180 e. The summed E-state index contributed by atoms with van der Waals surface area (Å²) in [7, 11) is -3.24. The topological polar surface area (TPSA) is 69.4 Å². The molecule has 0 aliphatic rings. The van der Waals surface area contributed by atoms with E-state index in [0.717, 1.165) is 6.42 Å². The minimum atomic E-state index is -3.24. The first-order valence-corrected chi connectivity index (χ1v) is 6.87. The van der Waals surface area contributed by atoms with E-state index in [4.69, 9.17) is 10.5 Å². The number of anilines is 1. The van der Waals surface area contributed by atoms with Gasteiger partial charge in [-0.3, -0.25) is 0 Å². The number of nitrogens with two attached hydrogens (primary N) is 1. The van der Waals surface area contributed by atoms with E-state index in [9.17, 15) is 8.42 Å². The average molecular weight is 243 g/mol. The molecule has 16 heavy (non-hydrogen) atoms. The first-order valence-electron chi connectivity index (χ1n) is 5.22. The zero-order chi connectivity index (χ0) is 12.0. The Labute approximate surface area is 96.3 Å². The van der Waals surface area contributed by atoms with Crippen LogP contribution in [0.4, 0.5) is 5.69 Å². The number of hydrogen-bond acceptors (Lipinski definition) is 4. The van der Waals surface area contributed by atoms with E-state index in [1.54, 1.807) is 12.1 Å². The van der Waals surface area contributed by atoms with Crippen LogP contribution in [0.1, 0.15) is 13.3 Å². The molecule has 1 aromatic rings. The van der Waals surface area contributed by atoms with Crippen molar-refractivity contribution in [3.05, 3.63) is 24.3 Å². The van der Waals surface area contributed by atoms with Gasteiger partial charge in [-0.2, -0.15) is 0 Å². The highest BCUT2D eigenvalue weighted by Gasteiger charge is 2.13. The lowest BCUT2D eigenvalue weighted by Crippen LogP contribution is -2.12. The summed E-state index contributed by atoms with van der Waals surface area (Å²) in [5, 5.41) is 0. The predicted molar refractivity (Wildman–Crippen MR) is 64.0 cm³/mol. The van der Waals surface area contributed by atoms with Gasteiger partial charge in [0.1, 0.15) is 0 Å². The third kappa shape index (κ3) is 3.83. The van der Waals surface area contributed by atoms with Crippen LogP contribution in [0.5, 0.6) is 0 Å². The second-order valence-electron chi connectivity index (χ2n) is 3.50. The fourth-order valence-corrected chi connectivity index (χ4v) is 2.33. The molecule has 0 bridgehead atoms. The van der Waals surface area contributed by atoms with Crippen molar-refractivity contribution >= 4 is 15.5 Å². The molecule has 0 aromatic heterocycles. The van der Waals surface area contributed by atoms with Crippen molar-refractivity contribution in [1.82, 2.24) is 0 Å². The third-order valence-electron chi connectivity index (χ3n) is 2.08. The molecule has 0 spiro atoms. The lowest BCUT2D eigenvalue weighted by Gasteiger charge is -2.05. The van der Waals surface area contributed by atoms with E-state index in [1.807, 2.05) is 6.92 Å². The van der Waals surface area contributed by atoms with Crippen molar-refractivity contribution < 1.29 is 13.2 Å². The number of sulfone groups is 1. The quantitative estimate of drug-likeness (QED) is 0.606.